The van der Waals surface area contributed by atoms with Crippen LogP contribution in [0.1, 0.15) is 5.56 Å². The Bertz CT molecular complexity index is 426. The van der Waals surface area contributed by atoms with Crippen molar-refractivity contribution in [2.75, 3.05) is 14.2 Å². The lowest BCUT2D eigenvalue weighted by Gasteiger charge is -2.10. The highest BCUT2D eigenvalue weighted by molar-refractivity contribution is 14.1. The van der Waals surface area contributed by atoms with E-state index in [1.807, 2.05) is 6.07 Å². The Hall–Kier alpha value is -1.24. The molecule has 0 spiro atoms. The summed E-state index contributed by atoms with van der Waals surface area (Å²) in [5.74, 6) is 0.250. The van der Waals surface area contributed by atoms with Crippen molar-refractivity contribution >= 4 is 34.6 Å². The van der Waals surface area contributed by atoms with E-state index in [9.17, 15) is 4.79 Å². The Kier molecular flexibility index (Phi) is 4.60. The lowest BCUT2D eigenvalue weighted by molar-refractivity contribution is -0.131. The number of aliphatic carboxylic acids is 1. The zero-order chi connectivity index (χ0) is 12.1. The van der Waals surface area contributed by atoms with E-state index in [0.29, 0.717) is 11.5 Å². The van der Waals surface area contributed by atoms with Crippen LogP contribution in [-0.2, 0) is 4.79 Å². The molecule has 0 aromatic heterocycles. The maximum atomic E-state index is 10.4. The van der Waals surface area contributed by atoms with Crippen LogP contribution < -0.4 is 9.47 Å². The van der Waals surface area contributed by atoms with Crippen LogP contribution in [-0.4, -0.2) is 25.3 Å². The summed E-state index contributed by atoms with van der Waals surface area (Å²) in [5, 5.41) is 8.53. The van der Waals surface area contributed by atoms with Gasteiger partial charge in [-0.15, -0.1) is 0 Å². The first-order chi connectivity index (χ1) is 7.58. The van der Waals surface area contributed by atoms with Crippen molar-refractivity contribution in [3.63, 3.8) is 0 Å². The number of carboxylic acid groups (broad SMARTS) is 1. The number of carboxylic acids is 1. The third-order valence-electron chi connectivity index (χ3n) is 1.87. The van der Waals surface area contributed by atoms with Gasteiger partial charge >= 0.3 is 5.97 Å². The molecule has 0 unspecified atom stereocenters. The number of hydrogen-bond acceptors (Lipinski definition) is 3. The van der Waals surface area contributed by atoms with Crippen molar-refractivity contribution in [2.45, 2.75) is 0 Å². The first-order valence-electron chi connectivity index (χ1n) is 4.41. The number of rotatable bonds is 4. The summed E-state index contributed by atoms with van der Waals surface area (Å²) in [6, 6.07) is 3.54. The molecule has 0 aliphatic carbocycles. The second kappa shape index (κ2) is 5.74. The van der Waals surface area contributed by atoms with Gasteiger partial charge in [-0.3, -0.25) is 0 Å². The molecule has 0 radical (unpaired) electrons. The van der Waals surface area contributed by atoms with Crippen molar-refractivity contribution in [2.24, 2.45) is 0 Å². The average molecular weight is 334 g/mol. The molecule has 4 nitrogen and oxygen atoms in total. The van der Waals surface area contributed by atoms with E-state index >= 15 is 0 Å². The van der Waals surface area contributed by atoms with Crippen LogP contribution in [0.5, 0.6) is 11.5 Å². The summed E-state index contributed by atoms with van der Waals surface area (Å²) in [5.41, 5.74) is 0.754. The molecule has 86 valence electrons. The van der Waals surface area contributed by atoms with Gasteiger partial charge in [-0.25, -0.2) is 4.79 Å². The first-order valence-corrected chi connectivity index (χ1v) is 5.49. The van der Waals surface area contributed by atoms with Gasteiger partial charge in [0, 0.05) is 6.08 Å². The summed E-state index contributed by atoms with van der Waals surface area (Å²) < 4.78 is 11.2. The highest BCUT2D eigenvalue weighted by atomic mass is 127. The van der Waals surface area contributed by atoms with Gasteiger partial charge in [-0.1, -0.05) is 0 Å². The maximum Gasteiger partial charge on any atom is 0.328 e. The molecule has 0 bridgehead atoms. The van der Waals surface area contributed by atoms with Crippen LogP contribution in [0, 0.1) is 3.57 Å². The van der Waals surface area contributed by atoms with Crippen molar-refractivity contribution < 1.29 is 19.4 Å². The van der Waals surface area contributed by atoms with Gasteiger partial charge in [0.15, 0.2) is 11.5 Å². The Labute approximate surface area is 107 Å². The summed E-state index contributed by atoms with van der Waals surface area (Å²) in [6.07, 6.45) is 2.59. The average Bonchev–Trinajstić information content (AvgIpc) is 2.25. The quantitative estimate of drug-likeness (QED) is 0.679. The van der Waals surface area contributed by atoms with E-state index in [1.54, 1.807) is 20.3 Å². The van der Waals surface area contributed by atoms with Crippen LogP contribution in [0.3, 0.4) is 0 Å². The SMILES string of the molecule is COc1cc(C=CC(=O)O)cc(I)c1OC. The number of ether oxygens (including phenoxy) is 2. The minimum atomic E-state index is -0.982. The molecular weight excluding hydrogens is 323 g/mol. The maximum absolute atomic E-state index is 10.4. The van der Waals surface area contributed by atoms with Crippen LogP contribution in [0.2, 0.25) is 0 Å². The first kappa shape index (κ1) is 12.8. The molecule has 5 heteroatoms. The predicted molar refractivity (Wildman–Crippen MR) is 68.9 cm³/mol. The van der Waals surface area contributed by atoms with Crippen molar-refractivity contribution in [3.05, 3.63) is 27.3 Å². The van der Waals surface area contributed by atoms with E-state index < -0.39 is 5.97 Å². The largest absolute Gasteiger partial charge is 0.493 e. The second-order valence-corrected chi connectivity index (χ2v) is 4.07. The third kappa shape index (κ3) is 3.13. The number of methoxy groups -OCH3 is 2. The standard InChI is InChI=1S/C11H11IO4/c1-15-9-6-7(3-4-10(13)14)5-8(12)11(9)16-2/h3-6H,1-2H3,(H,13,14). The molecule has 1 rings (SSSR count). The lowest BCUT2D eigenvalue weighted by atomic mass is 10.2. The topological polar surface area (TPSA) is 55.8 Å². The Morgan fingerprint density at radius 3 is 2.56 bits per heavy atom. The molecule has 0 saturated heterocycles. The molecule has 0 aliphatic rings. The molecule has 0 saturated carbocycles. The fourth-order valence-corrected chi connectivity index (χ4v) is 2.05. The van der Waals surface area contributed by atoms with Crippen molar-refractivity contribution in [1.29, 1.82) is 0 Å². The molecule has 0 heterocycles. The third-order valence-corrected chi connectivity index (χ3v) is 2.68. The molecule has 0 atom stereocenters. The normalized spacial score (nSPS) is 10.4. The van der Waals surface area contributed by atoms with Crippen molar-refractivity contribution in [3.8, 4) is 11.5 Å². The van der Waals surface area contributed by atoms with Gasteiger partial charge < -0.3 is 14.6 Å². The second-order valence-electron chi connectivity index (χ2n) is 2.91. The summed E-state index contributed by atoms with van der Waals surface area (Å²) in [7, 11) is 3.10. The monoisotopic (exact) mass is 334 g/mol. The van der Waals surface area contributed by atoms with Gasteiger partial charge in [0.05, 0.1) is 17.8 Å². The summed E-state index contributed by atoms with van der Waals surface area (Å²) in [4.78, 5) is 10.4. The van der Waals surface area contributed by atoms with E-state index in [-0.39, 0.29) is 0 Å². The van der Waals surface area contributed by atoms with Crippen molar-refractivity contribution in [1.82, 2.24) is 0 Å². The van der Waals surface area contributed by atoms with E-state index in [4.69, 9.17) is 14.6 Å². The number of carbonyl (C=O) groups is 1. The number of benzene rings is 1. The summed E-state index contributed by atoms with van der Waals surface area (Å²) >= 11 is 2.11. The molecule has 0 amide bonds. The predicted octanol–water partition coefficient (Wildman–Crippen LogP) is 2.41. The molecular formula is C11H11IO4. The minimum Gasteiger partial charge on any atom is -0.493 e. The molecule has 0 aliphatic heterocycles. The Morgan fingerprint density at radius 1 is 1.38 bits per heavy atom. The van der Waals surface area contributed by atoms with E-state index in [1.165, 1.54) is 6.08 Å². The van der Waals surface area contributed by atoms with Gasteiger partial charge in [-0.2, -0.15) is 0 Å². The van der Waals surface area contributed by atoms with Crippen LogP contribution >= 0.6 is 22.6 Å². The smallest absolute Gasteiger partial charge is 0.328 e. The molecule has 1 aromatic carbocycles. The fourth-order valence-electron chi connectivity index (χ4n) is 1.20. The Morgan fingerprint density at radius 2 is 2.06 bits per heavy atom. The van der Waals surface area contributed by atoms with Crippen LogP contribution in [0.15, 0.2) is 18.2 Å². The zero-order valence-corrected chi connectivity index (χ0v) is 11.0. The van der Waals surface area contributed by atoms with Gasteiger partial charge in [0.25, 0.3) is 0 Å². The number of halogens is 1. The molecule has 1 N–H and O–H groups in total. The highest BCUT2D eigenvalue weighted by Crippen LogP contribution is 2.33. The Balaban J connectivity index is 3.15. The van der Waals surface area contributed by atoms with E-state index in [0.717, 1.165) is 15.2 Å². The minimum absolute atomic E-state index is 0.583. The molecule has 1 aromatic rings. The molecule has 0 fully saturated rings. The number of hydrogen-bond donors (Lipinski definition) is 1. The zero-order valence-electron chi connectivity index (χ0n) is 8.86. The summed E-state index contributed by atoms with van der Waals surface area (Å²) in [6.45, 7) is 0. The van der Waals surface area contributed by atoms with Crippen LogP contribution in [0.25, 0.3) is 6.08 Å². The van der Waals surface area contributed by atoms with Crippen LogP contribution in [0.4, 0.5) is 0 Å². The van der Waals surface area contributed by atoms with Gasteiger partial charge in [-0.05, 0) is 46.4 Å². The highest BCUT2D eigenvalue weighted by Gasteiger charge is 2.09. The van der Waals surface area contributed by atoms with Gasteiger partial charge in [0.1, 0.15) is 0 Å². The van der Waals surface area contributed by atoms with E-state index in [2.05, 4.69) is 22.6 Å². The fraction of sp³-hybridized carbons (Fsp3) is 0.182. The van der Waals surface area contributed by atoms with Gasteiger partial charge in [0.2, 0.25) is 0 Å². The lowest BCUT2D eigenvalue weighted by Crippen LogP contribution is -1.94. The molecule has 16 heavy (non-hydrogen) atoms.